The standard InChI is InChI=1S/C25H29FN4O3/c1-16-15-28(25(32)24-5-3-12-33-24)23-14-19(7-9-22(23)30(16)17(2)31)18-6-8-21(20(26)13-18)29-11-4-10-27-29/h6-9,13-14,16,24,27H,3-5,10-12,15H2,1-2H3/t16-,24?/m0/s1. The molecule has 7 nitrogen and oxygen atoms in total. The molecule has 0 bridgehead atoms. The lowest BCUT2D eigenvalue weighted by molar-refractivity contribution is -0.127. The Morgan fingerprint density at radius 3 is 2.45 bits per heavy atom. The van der Waals surface area contributed by atoms with Crippen LogP contribution in [0.25, 0.3) is 11.1 Å². The first-order chi connectivity index (χ1) is 15.9. The second kappa shape index (κ2) is 8.76. The number of benzene rings is 2. The number of halogens is 1. The SMILES string of the molecule is CC(=O)N1c2ccc(-c3ccc(N4CCCN4)c(F)c3)cc2N(C(=O)C2CCCO2)C[C@@H]1C. The fourth-order valence-corrected chi connectivity index (χ4v) is 5.08. The zero-order valence-electron chi connectivity index (χ0n) is 19.0. The van der Waals surface area contributed by atoms with Gasteiger partial charge in [0.25, 0.3) is 5.91 Å². The van der Waals surface area contributed by atoms with Gasteiger partial charge in [-0.05, 0) is 61.6 Å². The summed E-state index contributed by atoms with van der Waals surface area (Å²) in [7, 11) is 0. The molecule has 1 N–H and O–H groups in total. The Kier molecular flexibility index (Phi) is 5.80. The van der Waals surface area contributed by atoms with Crippen LogP contribution in [-0.2, 0) is 14.3 Å². The molecular weight excluding hydrogens is 423 g/mol. The summed E-state index contributed by atoms with van der Waals surface area (Å²) in [6, 6.07) is 10.7. The third kappa shape index (κ3) is 3.98. The number of hydrogen-bond acceptors (Lipinski definition) is 5. The molecule has 2 amide bonds. The molecule has 3 aliphatic heterocycles. The number of carbonyl (C=O) groups excluding carboxylic acids is 2. The van der Waals surface area contributed by atoms with Gasteiger partial charge in [-0.3, -0.25) is 9.59 Å². The highest BCUT2D eigenvalue weighted by molar-refractivity contribution is 6.06. The number of ether oxygens (including phenoxy) is 1. The Labute approximate surface area is 193 Å². The molecule has 2 saturated heterocycles. The summed E-state index contributed by atoms with van der Waals surface area (Å²) in [5, 5.41) is 1.83. The van der Waals surface area contributed by atoms with E-state index in [9.17, 15) is 14.0 Å². The molecule has 0 radical (unpaired) electrons. The smallest absolute Gasteiger partial charge is 0.256 e. The lowest BCUT2D eigenvalue weighted by atomic mass is 9.99. The summed E-state index contributed by atoms with van der Waals surface area (Å²) < 4.78 is 20.6. The van der Waals surface area contributed by atoms with Gasteiger partial charge in [-0.15, -0.1) is 0 Å². The van der Waals surface area contributed by atoms with Crippen molar-refractivity contribution >= 4 is 28.9 Å². The van der Waals surface area contributed by atoms with Crippen molar-refractivity contribution in [2.24, 2.45) is 0 Å². The highest BCUT2D eigenvalue weighted by Gasteiger charge is 2.37. The van der Waals surface area contributed by atoms with Gasteiger partial charge >= 0.3 is 0 Å². The van der Waals surface area contributed by atoms with E-state index in [-0.39, 0.29) is 23.7 Å². The van der Waals surface area contributed by atoms with Gasteiger partial charge in [0.2, 0.25) is 5.91 Å². The molecule has 2 aromatic rings. The van der Waals surface area contributed by atoms with Crippen molar-refractivity contribution in [1.82, 2.24) is 5.43 Å². The highest BCUT2D eigenvalue weighted by Crippen LogP contribution is 2.40. The maximum atomic E-state index is 14.9. The molecule has 174 valence electrons. The largest absolute Gasteiger partial charge is 0.368 e. The zero-order valence-corrected chi connectivity index (χ0v) is 19.0. The van der Waals surface area contributed by atoms with E-state index in [1.165, 1.54) is 13.0 Å². The minimum absolute atomic E-state index is 0.0748. The quantitative estimate of drug-likeness (QED) is 0.773. The van der Waals surface area contributed by atoms with Crippen LogP contribution in [-0.4, -0.2) is 50.2 Å². The Balaban J connectivity index is 1.53. The van der Waals surface area contributed by atoms with E-state index in [0.717, 1.165) is 37.1 Å². The first-order valence-electron chi connectivity index (χ1n) is 11.6. The summed E-state index contributed by atoms with van der Waals surface area (Å²) in [6.45, 7) is 6.06. The number of rotatable bonds is 3. The first kappa shape index (κ1) is 21.9. The lowest BCUT2D eigenvalue weighted by Crippen LogP contribution is -2.53. The number of carbonyl (C=O) groups is 2. The molecule has 3 aliphatic rings. The van der Waals surface area contributed by atoms with Crippen molar-refractivity contribution < 1.29 is 18.7 Å². The third-order valence-corrected chi connectivity index (χ3v) is 6.66. The number of anilines is 3. The highest BCUT2D eigenvalue weighted by atomic mass is 19.1. The van der Waals surface area contributed by atoms with Gasteiger partial charge in [0.1, 0.15) is 11.9 Å². The van der Waals surface area contributed by atoms with Gasteiger partial charge in [-0.25, -0.2) is 9.82 Å². The van der Waals surface area contributed by atoms with E-state index < -0.39 is 6.10 Å². The van der Waals surface area contributed by atoms with Crippen LogP contribution in [0.5, 0.6) is 0 Å². The molecule has 1 unspecified atom stereocenters. The second-order valence-electron chi connectivity index (χ2n) is 8.97. The zero-order chi connectivity index (χ0) is 23.1. The number of amides is 2. The topological polar surface area (TPSA) is 65.1 Å². The van der Waals surface area contributed by atoms with Crippen LogP contribution in [0.1, 0.15) is 33.1 Å². The first-order valence-corrected chi connectivity index (χ1v) is 11.6. The predicted molar refractivity (Wildman–Crippen MR) is 126 cm³/mol. The average molecular weight is 453 g/mol. The molecule has 0 aromatic heterocycles. The number of nitrogens with one attached hydrogen (secondary N) is 1. The van der Waals surface area contributed by atoms with E-state index in [4.69, 9.17) is 4.74 Å². The predicted octanol–water partition coefficient (Wildman–Crippen LogP) is 3.47. The van der Waals surface area contributed by atoms with Gasteiger partial charge < -0.3 is 19.5 Å². The molecule has 2 aromatic carbocycles. The van der Waals surface area contributed by atoms with Gasteiger partial charge in [0.15, 0.2) is 0 Å². The minimum atomic E-state index is -0.456. The number of nitrogens with zero attached hydrogens (tertiary/aromatic N) is 3. The molecule has 0 saturated carbocycles. The number of hydrogen-bond donors (Lipinski definition) is 1. The second-order valence-corrected chi connectivity index (χ2v) is 8.97. The normalized spacial score (nSPS) is 22.6. The Bertz CT molecular complexity index is 1080. The number of fused-ring (bicyclic) bond motifs is 1. The van der Waals surface area contributed by atoms with Gasteiger partial charge in [-0.1, -0.05) is 12.1 Å². The molecule has 0 spiro atoms. The minimum Gasteiger partial charge on any atom is -0.368 e. The fraction of sp³-hybridized carbons (Fsp3) is 0.440. The Hall–Kier alpha value is -2.97. The summed E-state index contributed by atoms with van der Waals surface area (Å²) in [4.78, 5) is 29.2. The van der Waals surface area contributed by atoms with Crippen LogP contribution < -0.4 is 20.2 Å². The monoisotopic (exact) mass is 452 g/mol. The Morgan fingerprint density at radius 1 is 1.06 bits per heavy atom. The van der Waals surface area contributed by atoms with Crippen LogP contribution in [0.4, 0.5) is 21.5 Å². The van der Waals surface area contributed by atoms with Crippen molar-refractivity contribution in [3.8, 4) is 11.1 Å². The molecule has 8 heteroatoms. The van der Waals surface area contributed by atoms with Crippen LogP contribution >= 0.6 is 0 Å². The maximum Gasteiger partial charge on any atom is 0.256 e. The summed E-state index contributed by atoms with van der Waals surface area (Å²) in [5.74, 6) is -0.456. The molecule has 5 rings (SSSR count). The van der Waals surface area contributed by atoms with Crippen LogP contribution in [0.3, 0.4) is 0 Å². The van der Waals surface area contributed by atoms with E-state index in [0.29, 0.717) is 36.6 Å². The molecule has 0 aliphatic carbocycles. The third-order valence-electron chi connectivity index (χ3n) is 6.66. The average Bonchev–Trinajstić information content (AvgIpc) is 3.52. The van der Waals surface area contributed by atoms with E-state index in [1.807, 2.05) is 36.2 Å². The summed E-state index contributed by atoms with van der Waals surface area (Å²) >= 11 is 0. The fourth-order valence-electron chi connectivity index (χ4n) is 5.08. The molecule has 33 heavy (non-hydrogen) atoms. The van der Waals surface area contributed by atoms with Crippen molar-refractivity contribution in [2.45, 2.75) is 45.3 Å². The van der Waals surface area contributed by atoms with Crippen molar-refractivity contribution in [1.29, 1.82) is 0 Å². The number of hydrazine groups is 1. The van der Waals surface area contributed by atoms with Crippen molar-refractivity contribution in [3.05, 3.63) is 42.2 Å². The van der Waals surface area contributed by atoms with Crippen LogP contribution in [0.15, 0.2) is 36.4 Å². The van der Waals surface area contributed by atoms with Gasteiger partial charge in [-0.2, -0.15) is 0 Å². The van der Waals surface area contributed by atoms with E-state index in [2.05, 4.69) is 5.43 Å². The van der Waals surface area contributed by atoms with Gasteiger partial charge in [0, 0.05) is 33.2 Å². The van der Waals surface area contributed by atoms with Crippen LogP contribution in [0.2, 0.25) is 0 Å². The van der Waals surface area contributed by atoms with Crippen molar-refractivity contribution in [3.63, 3.8) is 0 Å². The van der Waals surface area contributed by atoms with Crippen LogP contribution in [0, 0.1) is 5.82 Å². The molecule has 3 heterocycles. The molecular formula is C25H29FN4O3. The van der Waals surface area contributed by atoms with E-state index >= 15 is 0 Å². The Morgan fingerprint density at radius 2 is 1.82 bits per heavy atom. The molecule has 2 fully saturated rings. The maximum absolute atomic E-state index is 14.9. The van der Waals surface area contributed by atoms with Gasteiger partial charge in [0.05, 0.1) is 23.1 Å². The molecule has 2 atom stereocenters. The van der Waals surface area contributed by atoms with Crippen molar-refractivity contribution in [2.75, 3.05) is 41.0 Å². The van der Waals surface area contributed by atoms with E-state index in [1.54, 1.807) is 15.9 Å². The lowest BCUT2D eigenvalue weighted by Gasteiger charge is -2.41. The summed E-state index contributed by atoms with van der Waals surface area (Å²) in [5.41, 5.74) is 6.56. The summed E-state index contributed by atoms with van der Waals surface area (Å²) in [6.07, 6.45) is 2.09.